The molecule has 0 spiro atoms. The van der Waals surface area contributed by atoms with Crippen molar-refractivity contribution < 1.29 is 19.1 Å². The summed E-state index contributed by atoms with van der Waals surface area (Å²) in [6.45, 7) is 8.14. The molecule has 6 heteroatoms. The Morgan fingerprint density at radius 2 is 2.15 bits per heavy atom. The van der Waals surface area contributed by atoms with E-state index in [-0.39, 0.29) is 17.9 Å². The highest BCUT2D eigenvalue weighted by Crippen LogP contribution is 2.15. The van der Waals surface area contributed by atoms with Crippen LogP contribution in [0.5, 0.6) is 0 Å². The first-order chi connectivity index (χ1) is 9.65. The molecule has 0 aromatic heterocycles. The van der Waals surface area contributed by atoms with Crippen LogP contribution in [0, 0.1) is 0 Å². The normalized spacial score (nSPS) is 21.2. The summed E-state index contributed by atoms with van der Waals surface area (Å²) in [5.74, 6) is -0.334. The van der Waals surface area contributed by atoms with Crippen LogP contribution in [0.25, 0.3) is 0 Å². The zero-order valence-electron chi connectivity index (χ0n) is 12.7. The molecule has 0 aromatic carbocycles. The summed E-state index contributed by atoms with van der Waals surface area (Å²) in [6.07, 6.45) is 1.50. The topological polar surface area (TPSA) is 67.9 Å². The lowest BCUT2D eigenvalue weighted by molar-refractivity contribution is -0.156. The second kappa shape index (κ2) is 8.92. The molecular weight excluding hydrogens is 260 g/mol. The summed E-state index contributed by atoms with van der Waals surface area (Å²) in [5, 5.41) is 2.87. The van der Waals surface area contributed by atoms with Crippen molar-refractivity contribution in [2.75, 3.05) is 32.9 Å². The highest BCUT2D eigenvalue weighted by Gasteiger charge is 2.37. The summed E-state index contributed by atoms with van der Waals surface area (Å²) in [7, 11) is 0. The number of esters is 1. The Balaban J connectivity index is 2.75. The summed E-state index contributed by atoms with van der Waals surface area (Å²) < 4.78 is 10.5. The van der Waals surface area contributed by atoms with Gasteiger partial charge >= 0.3 is 5.97 Å². The molecule has 0 aromatic rings. The van der Waals surface area contributed by atoms with Gasteiger partial charge in [0.05, 0.1) is 19.8 Å². The van der Waals surface area contributed by atoms with E-state index in [1.165, 1.54) is 0 Å². The Morgan fingerprint density at radius 3 is 2.75 bits per heavy atom. The Morgan fingerprint density at radius 1 is 1.40 bits per heavy atom. The zero-order chi connectivity index (χ0) is 15.0. The van der Waals surface area contributed by atoms with Gasteiger partial charge in [-0.2, -0.15) is 0 Å². The predicted octanol–water partition coefficient (Wildman–Crippen LogP) is 0.555. The number of morpholine rings is 1. The molecule has 1 amide bonds. The average molecular weight is 286 g/mol. The third kappa shape index (κ3) is 4.45. The molecule has 1 heterocycles. The third-order valence-electron chi connectivity index (χ3n) is 3.37. The maximum atomic E-state index is 12.2. The molecule has 1 saturated heterocycles. The van der Waals surface area contributed by atoms with Gasteiger partial charge in [-0.15, -0.1) is 0 Å². The minimum absolute atomic E-state index is 0.0747. The van der Waals surface area contributed by atoms with Gasteiger partial charge in [0.1, 0.15) is 12.1 Å². The molecule has 2 unspecified atom stereocenters. The van der Waals surface area contributed by atoms with Crippen LogP contribution in [-0.2, 0) is 19.1 Å². The van der Waals surface area contributed by atoms with Crippen LogP contribution < -0.4 is 5.32 Å². The number of nitrogens with zero attached hydrogens (tertiary/aromatic N) is 1. The van der Waals surface area contributed by atoms with E-state index >= 15 is 0 Å². The predicted molar refractivity (Wildman–Crippen MR) is 75.3 cm³/mol. The first-order valence-corrected chi connectivity index (χ1v) is 7.43. The minimum Gasteiger partial charge on any atom is -0.465 e. The van der Waals surface area contributed by atoms with E-state index in [1.54, 1.807) is 6.92 Å². The largest absolute Gasteiger partial charge is 0.465 e. The monoisotopic (exact) mass is 286 g/mol. The van der Waals surface area contributed by atoms with E-state index in [2.05, 4.69) is 5.32 Å². The van der Waals surface area contributed by atoms with Gasteiger partial charge in [-0.05, 0) is 19.8 Å². The van der Waals surface area contributed by atoms with Gasteiger partial charge in [-0.1, -0.05) is 13.8 Å². The van der Waals surface area contributed by atoms with Gasteiger partial charge in [0, 0.05) is 13.1 Å². The molecule has 20 heavy (non-hydrogen) atoms. The van der Waals surface area contributed by atoms with E-state index < -0.39 is 6.04 Å². The van der Waals surface area contributed by atoms with Crippen molar-refractivity contribution in [3.8, 4) is 0 Å². The van der Waals surface area contributed by atoms with Crippen LogP contribution in [0.15, 0.2) is 0 Å². The smallest absolute Gasteiger partial charge is 0.323 e. The van der Waals surface area contributed by atoms with Crippen LogP contribution in [0.2, 0.25) is 0 Å². The SMILES string of the molecule is CCCNC(=O)C1COCCN1C(CC)C(=O)OCC. The van der Waals surface area contributed by atoms with Crippen molar-refractivity contribution in [2.45, 2.75) is 45.7 Å². The van der Waals surface area contributed by atoms with Gasteiger partial charge in [0.25, 0.3) is 0 Å². The molecule has 0 saturated carbocycles. The van der Waals surface area contributed by atoms with Crippen molar-refractivity contribution in [3.63, 3.8) is 0 Å². The quantitative estimate of drug-likeness (QED) is 0.692. The first kappa shape index (κ1) is 16.9. The van der Waals surface area contributed by atoms with Crippen LogP contribution >= 0.6 is 0 Å². The summed E-state index contributed by atoms with van der Waals surface area (Å²) >= 11 is 0. The van der Waals surface area contributed by atoms with Gasteiger partial charge in [0.15, 0.2) is 0 Å². The number of amides is 1. The number of nitrogens with one attached hydrogen (secondary N) is 1. The highest BCUT2D eigenvalue weighted by atomic mass is 16.5. The van der Waals surface area contributed by atoms with E-state index in [0.29, 0.717) is 39.3 Å². The molecule has 116 valence electrons. The zero-order valence-corrected chi connectivity index (χ0v) is 12.7. The standard InChI is InChI=1S/C14H26N2O4/c1-4-7-15-13(17)12-10-19-9-8-16(12)11(5-2)14(18)20-6-3/h11-12H,4-10H2,1-3H3,(H,15,17). The average Bonchev–Trinajstić information content (AvgIpc) is 2.46. The second-order valence-corrected chi connectivity index (χ2v) is 4.80. The lowest BCUT2D eigenvalue weighted by atomic mass is 10.1. The van der Waals surface area contributed by atoms with Crippen LogP contribution in [0.3, 0.4) is 0 Å². The molecule has 0 aliphatic carbocycles. The summed E-state index contributed by atoms with van der Waals surface area (Å²) in [5.41, 5.74) is 0. The second-order valence-electron chi connectivity index (χ2n) is 4.80. The van der Waals surface area contributed by atoms with Gasteiger partial charge in [-0.3, -0.25) is 14.5 Å². The molecule has 1 fully saturated rings. The van der Waals surface area contributed by atoms with Crippen molar-refractivity contribution in [1.82, 2.24) is 10.2 Å². The number of hydrogen-bond acceptors (Lipinski definition) is 5. The Labute approximate surface area is 120 Å². The fourth-order valence-electron chi connectivity index (χ4n) is 2.36. The Hall–Kier alpha value is -1.14. The molecule has 1 aliphatic heterocycles. The van der Waals surface area contributed by atoms with Crippen molar-refractivity contribution in [3.05, 3.63) is 0 Å². The van der Waals surface area contributed by atoms with Gasteiger partial charge in [-0.25, -0.2) is 0 Å². The molecule has 1 rings (SSSR count). The van der Waals surface area contributed by atoms with Crippen molar-refractivity contribution >= 4 is 11.9 Å². The third-order valence-corrected chi connectivity index (χ3v) is 3.37. The number of rotatable bonds is 7. The molecule has 0 bridgehead atoms. The molecule has 1 aliphatic rings. The lowest BCUT2D eigenvalue weighted by Crippen LogP contribution is -2.59. The van der Waals surface area contributed by atoms with E-state index in [4.69, 9.17) is 9.47 Å². The van der Waals surface area contributed by atoms with E-state index in [9.17, 15) is 9.59 Å². The van der Waals surface area contributed by atoms with Crippen LogP contribution in [0.1, 0.15) is 33.6 Å². The number of ether oxygens (including phenoxy) is 2. The number of hydrogen-bond donors (Lipinski definition) is 1. The van der Waals surface area contributed by atoms with Crippen LogP contribution in [0.4, 0.5) is 0 Å². The maximum absolute atomic E-state index is 12.2. The Bertz CT molecular complexity index is 322. The van der Waals surface area contributed by atoms with E-state index in [1.807, 2.05) is 18.7 Å². The van der Waals surface area contributed by atoms with Gasteiger partial charge < -0.3 is 14.8 Å². The molecule has 6 nitrogen and oxygen atoms in total. The van der Waals surface area contributed by atoms with E-state index in [0.717, 1.165) is 6.42 Å². The van der Waals surface area contributed by atoms with Crippen molar-refractivity contribution in [2.24, 2.45) is 0 Å². The van der Waals surface area contributed by atoms with Crippen LogP contribution in [-0.4, -0.2) is 61.8 Å². The summed E-state index contributed by atoms with van der Waals surface area (Å²) in [6, 6.07) is -0.791. The lowest BCUT2D eigenvalue weighted by Gasteiger charge is -2.38. The Kier molecular flexibility index (Phi) is 7.54. The first-order valence-electron chi connectivity index (χ1n) is 7.43. The van der Waals surface area contributed by atoms with Crippen molar-refractivity contribution in [1.29, 1.82) is 0 Å². The maximum Gasteiger partial charge on any atom is 0.323 e. The fourth-order valence-corrected chi connectivity index (χ4v) is 2.36. The highest BCUT2D eigenvalue weighted by molar-refractivity contribution is 5.83. The number of carbonyl (C=O) groups excluding carboxylic acids is 2. The molecule has 0 radical (unpaired) electrons. The molecular formula is C14H26N2O4. The molecule has 2 atom stereocenters. The fraction of sp³-hybridized carbons (Fsp3) is 0.857. The molecule has 1 N–H and O–H groups in total. The van der Waals surface area contributed by atoms with Gasteiger partial charge in [0.2, 0.25) is 5.91 Å². The number of carbonyl (C=O) groups is 2. The summed E-state index contributed by atoms with van der Waals surface area (Å²) in [4.78, 5) is 26.1. The minimum atomic E-state index is -0.412.